The van der Waals surface area contributed by atoms with Crippen molar-refractivity contribution < 1.29 is 17.6 Å². The lowest BCUT2D eigenvalue weighted by atomic mass is 10.1. The lowest BCUT2D eigenvalue weighted by molar-refractivity contribution is 0.0947. The highest BCUT2D eigenvalue weighted by atomic mass is 32.2. The molecule has 1 atom stereocenters. The van der Waals surface area contributed by atoms with Crippen LogP contribution in [0, 0.1) is 5.82 Å². The van der Waals surface area contributed by atoms with E-state index in [1.54, 1.807) is 23.6 Å². The van der Waals surface area contributed by atoms with Gasteiger partial charge in [0.15, 0.2) is 9.84 Å². The predicted molar refractivity (Wildman–Crippen MR) is 106 cm³/mol. The van der Waals surface area contributed by atoms with Gasteiger partial charge in [-0.05, 0) is 29.2 Å². The molecule has 3 aromatic rings. The van der Waals surface area contributed by atoms with Crippen molar-refractivity contribution in [1.29, 1.82) is 0 Å². The van der Waals surface area contributed by atoms with Crippen molar-refractivity contribution in [2.75, 3.05) is 11.5 Å². The van der Waals surface area contributed by atoms with Crippen LogP contribution in [0.15, 0.2) is 45.9 Å². The largest absolute Gasteiger partial charge is 0.397 e. The van der Waals surface area contributed by atoms with Crippen LogP contribution in [0.25, 0.3) is 21.3 Å². The Hall–Kier alpha value is -2.98. The van der Waals surface area contributed by atoms with Crippen LogP contribution < -0.4 is 16.6 Å². The molecule has 0 saturated heterocycles. The van der Waals surface area contributed by atoms with E-state index in [1.807, 2.05) is 0 Å². The van der Waals surface area contributed by atoms with Gasteiger partial charge in [-0.15, -0.1) is 11.3 Å². The molecule has 3 heterocycles. The molecule has 2 aromatic heterocycles. The van der Waals surface area contributed by atoms with Gasteiger partial charge in [-0.25, -0.2) is 12.8 Å². The fourth-order valence-corrected chi connectivity index (χ4v) is 5.10. The molecule has 0 bridgehead atoms. The van der Waals surface area contributed by atoms with Crippen LogP contribution in [0.4, 0.5) is 10.1 Å². The van der Waals surface area contributed by atoms with Gasteiger partial charge in [0, 0.05) is 10.8 Å². The van der Waals surface area contributed by atoms with E-state index in [2.05, 4.69) is 10.3 Å². The number of hydrogen-bond donors (Lipinski definition) is 3. The Balaban J connectivity index is 1.72. The van der Waals surface area contributed by atoms with Crippen molar-refractivity contribution in [3.63, 3.8) is 0 Å². The number of pyridine rings is 1. The highest BCUT2D eigenvalue weighted by molar-refractivity contribution is 7.94. The molecule has 4 N–H and O–H groups in total. The molecule has 1 aliphatic rings. The molecule has 28 heavy (non-hydrogen) atoms. The molecule has 1 aliphatic heterocycles. The zero-order valence-corrected chi connectivity index (χ0v) is 15.9. The minimum atomic E-state index is -3.35. The maximum absolute atomic E-state index is 13.8. The average Bonchev–Trinajstić information content (AvgIpc) is 3.19. The van der Waals surface area contributed by atoms with Crippen LogP contribution in [-0.2, 0) is 9.84 Å². The molecule has 0 spiro atoms. The molecule has 1 aromatic carbocycles. The summed E-state index contributed by atoms with van der Waals surface area (Å²) in [4.78, 5) is 28.0. The highest BCUT2D eigenvalue weighted by Gasteiger charge is 2.26. The molecular weight excluding hydrogens is 405 g/mol. The normalized spacial score (nSPS) is 17.8. The van der Waals surface area contributed by atoms with Gasteiger partial charge in [0.1, 0.15) is 11.4 Å². The van der Waals surface area contributed by atoms with E-state index in [0.717, 1.165) is 5.41 Å². The summed E-state index contributed by atoms with van der Waals surface area (Å²) in [5.41, 5.74) is 5.97. The van der Waals surface area contributed by atoms with Gasteiger partial charge >= 0.3 is 0 Å². The number of anilines is 1. The minimum Gasteiger partial charge on any atom is -0.397 e. The number of aromatic nitrogens is 1. The van der Waals surface area contributed by atoms with Gasteiger partial charge in [0.05, 0.1) is 27.9 Å². The summed E-state index contributed by atoms with van der Waals surface area (Å²) in [5, 5.41) is 5.56. The Morgan fingerprint density at radius 2 is 2.11 bits per heavy atom. The summed E-state index contributed by atoms with van der Waals surface area (Å²) in [7, 11) is -3.35. The second-order valence-corrected chi connectivity index (χ2v) is 9.19. The number of carbonyl (C=O) groups excluding carboxylic acids is 1. The first-order chi connectivity index (χ1) is 13.2. The highest BCUT2D eigenvalue weighted by Crippen LogP contribution is 2.31. The zero-order chi connectivity index (χ0) is 20.1. The van der Waals surface area contributed by atoms with Gasteiger partial charge < -0.3 is 16.0 Å². The summed E-state index contributed by atoms with van der Waals surface area (Å²) in [6.45, 7) is 0. The first-order valence-corrected chi connectivity index (χ1v) is 10.8. The van der Waals surface area contributed by atoms with E-state index in [4.69, 9.17) is 5.73 Å². The van der Waals surface area contributed by atoms with Crippen molar-refractivity contribution in [2.24, 2.45) is 0 Å². The predicted octanol–water partition coefficient (Wildman–Crippen LogP) is 2.02. The molecule has 7 nitrogen and oxygen atoms in total. The number of H-pyrrole nitrogens is 1. The number of nitrogen functional groups attached to an aromatic ring is 1. The van der Waals surface area contributed by atoms with Gasteiger partial charge in [0.25, 0.3) is 11.5 Å². The van der Waals surface area contributed by atoms with E-state index in [0.29, 0.717) is 21.3 Å². The summed E-state index contributed by atoms with van der Waals surface area (Å²) in [5.74, 6) is -1.39. The molecular formula is C18H14FN3O4S2. The number of aromatic amines is 1. The summed E-state index contributed by atoms with van der Waals surface area (Å²) in [6, 6.07) is 5.48. The quantitative estimate of drug-likeness (QED) is 0.600. The van der Waals surface area contributed by atoms with E-state index >= 15 is 0 Å². The van der Waals surface area contributed by atoms with Crippen LogP contribution in [0.3, 0.4) is 0 Å². The fourth-order valence-electron chi connectivity index (χ4n) is 3.10. The van der Waals surface area contributed by atoms with Crippen LogP contribution >= 0.6 is 11.3 Å². The molecule has 0 aliphatic carbocycles. The van der Waals surface area contributed by atoms with Gasteiger partial charge in [-0.2, -0.15) is 0 Å². The van der Waals surface area contributed by atoms with Crippen LogP contribution in [0.2, 0.25) is 0 Å². The number of thiophene rings is 1. The number of halogens is 1. The van der Waals surface area contributed by atoms with Crippen LogP contribution in [0.1, 0.15) is 10.4 Å². The Labute approximate surface area is 162 Å². The molecule has 1 amide bonds. The summed E-state index contributed by atoms with van der Waals surface area (Å²) in [6.07, 6.45) is 1.35. The second-order valence-electron chi connectivity index (χ2n) is 6.34. The second kappa shape index (κ2) is 6.57. The van der Waals surface area contributed by atoms with E-state index in [9.17, 15) is 22.4 Å². The number of carbonyl (C=O) groups is 1. The Morgan fingerprint density at radius 1 is 1.32 bits per heavy atom. The summed E-state index contributed by atoms with van der Waals surface area (Å²) >= 11 is 1.23. The Kier molecular flexibility index (Phi) is 4.31. The van der Waals surface area contributed by atoms with Crippen molar-refractivity contribution in [3.05, 3.63) is 62.9 Å². The van der Waals surface area contributed by atoms with E-state index in [-0.39, 0.29) is 22.8 Å². The third kappa shape index (κ3) is 3.20. The zero-order valence-electron chi connectivity index (χ0n) is 14.2. The third-order valence-corrected chi connectivity index (χ3v) is 6.74. The van der Waals surface area contributed by atoms with Crippen molar-refractivity contribution in [3.8, 4) is 10.4 Å². The van der Waals surface area contributed by atoms with Gasteiger partial charge in [-0.1, -0.05) is 12.1 Å². The molecule has 10 heteroatoms. The lowest BCUT2D eigenvalue weighted by Crippen LogP contribution is -2.38. The SMILES string of the molecule is Nc1c(C(=O)N[C@@H]2C=CS(=O)(=O)C2)c(=O)[nH]c2cc(-c3sccc3F)ccc12. The topological polar surface area (TPSA) is 122 Å². The van der Waals surface area contributed by atoms with Crippen molar-refractivity contribution in [1.82, 2.24) is 10.3 Å². The molecule has 4 rings (SSSR count). The lowest BCUT2D eigenvalue weighted by Gasteiger charge is -2.13. The van der Waals surface area contributed by atoms with Crippen molar-refractivity contribution >= 4 is 43.7 Å². The van der Waals surface area contributed by atoms with Crippen molar-refractivity contribution in [2.45, 2.75) is 6.04 Å². The molecule has 0 unspecified atom stereocenters. The molecule has 0 saturated carbocycles. The van der Waals surface area contributed by atoms with Crippen LogP contribution in [-0.4, -0.2) is 31.1 Å². The van der Waals surface area contributed by atoms with E-state index < -0.39 is 27.3 Å². The first kappa shape index (κ1) is 18.4. The standard InChI is InChI=1S/C18H14FN3O4S2/c19-12-3-5-27-16(12)9-1-2-11-13(7-9)22-18(24)14(15(11)20)17(23)21-10-4-6-28(25,26)8-10/h1-7,10H,8H2,(H,21,23)(H3,20,22,24)/t10-/m1/s1. The number of sulfone groups is 1. The van der Waals surface area contributed by atoms with Gasteiger partial charge in [0.2, 0.25) is 0 Å². The minimum absolute atomic E-state index is 0.0284. The van der Waals surface area contributed by atoms with Gasteiger partial charge in [-0.3, -0.25) is 9.59 Å². The Morgan fingerprint density at radius 3 is 2.75 bits per heavy atom. The molecule has 0 fully saturated rings. The van der Waals surface area contributed by atoms with E-state index in [1.165, 1.54) is 23.5 Å². The maximum Gasteiger partial charge on any atom is 0.263 e. The number of nitrogens with two attached hydrogens (primary N) is 1. The summed E-state index contributed by atoms with van der Waals surface area (Å²) < 4.78 is 36.8. The smallest absolute Gasteiger partial charge is 0.263 e. The number of fused-ring (bicyclic) bond motifs is 1. The monoisotopic (exact) mass is 419 g/mol. The average molecular weight is 419 g/mol. The fraction of sp³-hybridized carbons (Fsp3) is 0.111. The number of benzene rings is 1. The third-order valence-electron chi connectivity index (χ3n) is 4.41. The maximum atomic E-state index is 13.8. The molecule has 144 valence electrons. The number of amides is 1. The first-order valence-electron chi connectivity index (χ1n) is 8.16. The number of rotatable bonds is 3. The number of hydrogen-bond acceptors (Lipinski definition) is 6. The van der Waals surface area contributed by atoms with Crippen LogP contribution in [0.5, 0.6) is 0 Å². The Bertz CT molecular complexity index is 1310. The molecule has 0 radical (unpaired) electrons. The number of nitrogens with one attached hydrogen (secondary N) is 2.